The summed E-state index contributed by atoms with van der Waals surface area (Å²) in [6, 6.07) is 13.6. The number of halogens is 3. The number of guanidine groups is 1. The first-order valence-electron chi connectivity index (χ1n) is 9.05. The van der Waals surface area contributed by atoms with Gasteiger partial charge in [-0.1, -0.05) is 36.4 Å². The standard InChI is InChI=1S/C21H23F3N4/c1-25-20(27-15-17-5-4-6-18(13-17)21(22,23)24)26-14-16-7-9-19(10-8-16)28-11-2-3-12-28/h2-10,13H,11-12,14-15H2,1H3,(H2,25,26,27). The number of benzene rings is 2. The fourth-order valence-electron chi connectivity index (χ4n) is 2.96. The van der Waals surface area contributed by atoms with E-state index in [0.29, 0.717) is 18.1 Å². The molecule has 0 aromatic heterocycles. The zero-order chi connectivity index (χ0) is 20.0. The van der Waals surface area contributed by atoms with Crippen molar-refractivity contribution in [3.05, 3.63) is 77.4 Å². The SMILES string of the molecule is CN=C(NCc1ccc(N2CC=CC2)cc1)NCc1cccc(C(F)(F)F)c1. The fourth-order valence-corrected chi connectivity index (χ4v) is 2.96. The molecule has 0 bridgehead atoms. The second kappa shape index (κ2) is 8.82. The van der Waals surface area contributed by atoms with E-state index in [9.17, 15) is 13.2 Å². The van der Waals surface area contributed by atoms with E-state index in [1.54, 1.807) is 13.1 Å². The molecule has 2 N–H and O–H groups in total. The van der Waals surface area contributed by atoms with Crippen LogP contribution in [0.4, 0.5) is 18.9 Å². The Hall–Kier alpha value is -2.96. The molecule has 0 amide bonds. The number of nitrogens with one attached hydrogen (secondary N) is 2. The average molecular weight is 388 g/mol. The average Bonchev–Trinajstić information content (AvgIpc) is 3.23. The molecule has 3 rings (SSSR count). The lowest BCUT2D eigenvalue weighted by atomic mass is 10.1. The molecule has 0 fully saturated rings. The Balaban J connectivity index is 1.51. The topological polar surface area (TPSA) is 39.7 Å². The van der Waals surface area contributed by atoms with Crippen molar-refractivity contribution < 1.29 is 13.2 Å². The number of hydrogen-bond acceptors (Lipinski definition) is 2. The van der Waals surface area contributed by atoms with Gasteiger partial charge in [0.15, 0.2) is 5.96 Å². The van der Waals surface area contributed by atoms with Gasteiger partial charge in [0.05, 0.1) is 5.56 Å². The first-order valence-corrected chi connectivity index (χ1v) is 9.05. The zero-order valence-electron chi connectivity index (χ0n) is 15.6. The normalized spacial score (nSPS) is 14.4. The summed E-state index contributed by atoms with van der Waals surface area (Å²) >= 11 is 0. The predicted octanol–water partition coefficient (Wildman–Crippen LogP) is 3.95. The lowest BCUT2D eigenvalue weighted by Gasteiger charge is -2.18. The second-order valence-electron chi connectivity index (χ2n) is 6.52. The summed E-state index contributed by atoms with van der Waals surface area (Å²) in [7, 11) is 1.63. The van der Waals surface area contributed by atoms with Crippen LogP contribution in [0.15, 0.2) is 65.7 Å². The molecule has 2 aromatic rings. The third-order valence-electron chi connectivity index (χ3n) is 4.52. The molecule has 148 valence electrons. The maximum atomic E-state index is 12.8. The fraction of sp³-hybridized carbons (Fsp3) is 0.286. The largest absolute Gasteiger partial charge is 0.416 e. The first-order chi connectivity index (χ1) is 13.5. The molecule has 4 nitrogen and oxygen atoms in total. The molecular formula is C21H23F3N4. The molecule has 28 heavy (non-hydrogen) atoms. The minimum atomic E-state index is -4.34. The van der Waals surface area contributed by atoms with Gasteiger partial charge >= 0.3 is 6.18 Å². The quantitative estimate of drug-likeness (QED) is 0.463. The molecule has 1 heterocycles. The van der Waals surface area contributed by atoms with Gasteiger partial charge in [-0.2, -0.15) is 13.2 Å². The summed E-state index contributed by atoms with van der Waals surface area (Å²) in [5.74, 6) is 0.533. The van der Waals surface area contributed by atoms with Gasteiger partial charge in [-0.3, -0.25) is 4.99 Å². The third-order valence-corrected chi connectivity index (χ3v) is 4.52. The molecular weight excluding hydrogens is 365 g/mol. The Morgan fingerprint density at radius 1 is 0.964 bits per heavy atom. The molecule has 0 saturated heterocycles. The van der Waals surface area contributed by atoms with Crippen LogP contribution in [0.5, 0.6) is 0 Å². The van der Waals surface area contributed by atoms with Gasteiger partial charge < -0.3 is 15.5 Å². The lowest BCUT2D eigenvalue weighted by Crippen LogP contribution is -2.36. The molecule has 0 saturated carbocycles. The van der Waals surface area contributed by atoms with E-state index < -0.39 is 11.7 Å². The summed E-state index contributed by atoms with van der Waals surface area (Å²) in [5, 5.41) is 6.23. The van der Waals surface area contributed by atoms with E-state index in [-0.39, 0.29) is 6.54 Å². The highest BCUT2D eigenvalue weighted by atomic mass is 19.4. The highest BCUT2D eigenvalue weighted by Crippen LogP contribution is 2.29. The Morgan fingerprint density at radius 2 is 1.61 bits per heavy atom. The highest BCUT2D eigenvalue weighted by molar-refractivity contribution is 5.79. The Morgan fingerprint density at radius 3 is 2.21 bits per heavy atom. The summed E-state index contributed by atoms with van der Waals surface area (Å²) in [5.41, 5.74) is 2.17. The smallest absolute Gasteiger partial charge is 0.364 e. The van der Waals surface area contributed by atoms with Crippen molar-refractivity contribution in [3.8, 4) is 0 Å². The summed E-state index contributed by atoms with van der Waals surface area (Å²) in [6.45, 7) is 2.69. The van der Waals surface area contributed by atoms with Crippen molar-refractivity contribution in [1.82, 2.24) is 10.6 Å². The van der Waals surface area contributed by atoms with Crippen molar-refractivity contribution in [2.45, 2.75) is 19.3 Å². The molecule has 7 heteroatoms. The van der Waals surface area contributed by atoms with Gasteiger partial charge in [0.2, 0.25) is 0 Å². The first kappa shape index (κ1) is 19.8. The van der Waals surface area contributed by atoms with Crippen LogP contribution in [0.1, 0.15) is 16.7 Å². The highest BCUT2D eigenvalue weighted by Gasteiger charge is 2.30. The Bertz CT molecular complexity index is 833. The van der Waals surface area contributed by atoms with E-state index in [1.165, 1.54) is 11.8 Å². The number of alkyl halides is 3. The van der Waals surface area contributed by atoms with Crippen LogP contribution in [-0.4, -0.2) is 26.1 Å². The molecule has 0 unspecified atom stereocenters. The summed E-state index contributed by atoms with van der Waals surface area (Å²) in [6.07, 6.45) is -0.0434. The Labute approximate surface area is 162 Å². The molecule has 0 spiro atoms. The lowest BCUT2D eigenvalue weighted by molar-refractivity contribution is -0.137. The van der Waals surface area contributed by atoms with Crippen molar-refractivity contribution in [1.29, 1.82) is 0 Å². The summed E-state index contributed by atoms with van der Waals surface area (Å²) in [4.78, 5) is 6.40. The van der Waals surface area contributed by atoms with Crippen LogP contribution in [0.3, 0.4) is 0 Å². The van der Waals surface area contributed by atoms with E-state index in [1.807, 2.05) is 0 Å². The van der Waals surface area contributed by atoms with E-state index >= 15 is 0 Å². The van der Waals surface area contributed by atoms with Crippen LogP contribution in [0.25, 0.3) is 0 Å². The van der Waals surface area contributed by atoms with Gasteiger partial charge in [0.1, 0.15) is 0 Å². The molecule has 0 aliphatic carbocycles. The number of nitrogens with zero attached hydrogens (tertiary/aromatic N) is 2. The van der Waals surface area contributed by atoms with Crippen molar-refractivity contribution in [3.63, 3.8) is 0 Å². The predicted molar refractivity (Wildman–Crippen MR) is 106 cm³/mol. The van der Waals surface area contributed by atoms with Gasteiger partial charge in [-0.25, -0.2) is 0 Å². The number of hydrogen-bond donors (Lipinski definition) is 2. The number of aliphatic imine (C=N–C) groups is 1. The van der Waals surface area contributed by atoms with E-state index in [2.05, 4.69) is 56.9 Å². The van der Waals surface area contributed by atoms with Crippen molar-refractivity contribution in [2.75, 3.05) is 25.0 Å². The van der Waals surface area contributed by atoms with Gasteiger partial charge in [-0.05, 0) is 35.4 Å². The van der Waals surface area contributed by atoms with Gasteiger partial charge in [0.25, 0.3) is 0 Å². The Kier molecular flexibility index (Phi) is 6.23. The minimum absolute atomic E-state index is 0.254. The van der Waals surface area contributed by atoms with Crippen molar-refractivity contribution >= 4 is 11.6 Å². The van der Waals surface area contributed by atoms with Crippen LogP contribution in [0, 0.1) is 0 Å². The number of rotatable bonds is 5. The van der Waals surface area contributed by atoms with Crippen LogP contribution in [-0.2, 0) is 19.3 Å². The maximum Gasteiger partial charge on any atom is 0.416 e. The second-order valence-corrected chi connectivity index (χ2v) is 6.52. The molecule has 0 atom stereocenters. The minimum Gasteiger partial charge on any atom is -0.364 e. The monoisotopic (exact) mass is 388 g/mol. The summed E-state index contributed by atoms with van der Waals surface area (Å²) < 4.78 is 38.4. The molecule has 0 radical (unpaired) electrons. The molecule has 1 aliphatic heterocycles. The van der Waals surface area contributed by atoms with E-state index in [0.717, 1.165) is 30.8 Å². The molecule has 1 aliphatic rings. The van der Waals surface area contributed by atoms with Crippen LogP contribution >= 0.6 is 0 Å². The van der Waals surface area contributed by atoms with E-state index in [4.69, 9.17) is 0 Å². The van der Waals surface area contributed by atoms with Crippen molar-refractivity contribution in [2.24, 2.45) is 4.99 Å². The van der Waals surface area contributed by atoms with Crippen LogP contribution < -0.4 is 15.5 Å². The van der Waals surface area contributed by atoms with Gasteiger partial charge in [0, 0.05) is 38.9 Å². The number of anilines is 1. The third kappa shape index (κ3) is 5.28. The van der Waals surface area contributed by atoms with Crippen LogP contribution in [0.2, 0.25) is 0 Å². The molecule has 2 aromatic carbocycles. The maximum absolute atomic E-state index is 12.8. The van der Waals surface area contributed by atoms with Gasteiger partial charge in [-0.15, -0.1) is 0 Å². The zero-order valence-corrected chi connectivity index (χ0v) is 15.6.